The molecule has 1 aliphatic rings. The van der Waals surface area contributed by atoms with Crippen molar-refractivity contribution in [3.63, 3.8) is 0 Å². The fraction of sp³-hybridized carbons (Fsp3) is 0.842. The van der Waals surface area contributed by atoms with Gasteiger partial charge in [0.25, 0.3) is 0 Å². The van der Waals surface area contributed by atoms with E-state index in [9.17, 15) is 14.4 Å². The third-order valence-electron chi connectivity index (χ3n) is 4.54. The highest BCUT2D eigenvalue weighted by atomic mass is 16.2. The minimum Gasteiger partial charge on any atom is -0.356 e. The van der Waals surface area contributed by atoms with Gasteiger partial charge in [-0.1, -0.05) is 41.0 Å². The maximum atomic E-state index is 12.2. The SMILES string of the molecule is CC(C)C1CC(=O)N(CCCC(=O)NCCCCC(C)(C)C)C1=O. The molecule has 24 heavy (non-hydrogen) atoms. The molecule has 1 unspecified atom stereocenters. The first kappa shape index (κ1) is 20.7. The maximum Gasteiger partial charge on any atom is 0.233 e. The zero-order chi connectivity index (χ0) is 18.3. The van der Waals surface area contributed by atoms with E-state index in [-0.39, 0.29) is 29.6 Å². The van der Waals surface area contributed by atoms with Crippen LogP contribution >= 0.6 is 0 Å². The summed E-state index contributed by atoms with van der Waals surface area (Å²) in [4.78, 5) is 37.2. The predicted octanol–water partition coefficient (Wildman–Crippen LogP) is 3.13. The van der Waals surface area contributed by atoms with E-state index in [0.29, 0.717) is 37.8 Å². The molecular weight excluding hydrogens is 304 g/mol. The molecule has 0 aromatic rings. The summed E-state index contributed by atoms with van der Waals surface area (Å²) in [6.45, 7) is 11.6. The molecule has 5 heteroatoms. The van der Waals surface area contributed by atoms with Crippen LogP contribution in [0.4, 0.5) is 0 Å². The Kier molecular flexibility index (Phi) is 7.91. The molecule has 138 valence electrons. The van der Waals surface area contributed by atoms with E-state index >= 15 is 0 Å². The number of nitrogens with zero attached hydrogens (tertiary/aromatic N) is 1. The molecule has 0 aliphatic carbocycles. The summed E-state index contributed by atoms with van der Waals surface area (Å²) in [7, 11) is 0. The van der Waals surface area contributed by atoms with E-state index < -0.39 is 0 Å². The molecule has 1 N–H and O–H groups in total. The lowest BCUT2D eigenvalue weighted by atomic mass is 9.90. The van der Waals surface area contributed by atoms with Crippen molar-refractivity contribution in [2.45, 2.75) is 73.1 Å². The van der Waals surface area contributed by atoms with Crippen LogP contribution in [0.3, 0.4) is 0 Å². The molecule has 1 heterocycles. The summed E-state index contributed by atoms with van der Waals surface area (Å²) in [6, 6.07) is 0. The third kappa shape index (κ3) is 7.02. The van der Waals surface area contributed by atoms with Gasteiger partial charge in [-0.2, -0.15) is 0 Å². The van der Waals surface area contributed by atoms with Gasteiger partial charge in [0.15, 0.2) is 0 Å². The highest BCUT2D eigenvalue weighted by Crippen LogP contribution is 2.26. The van der Waals surface area contributed by atoms with E-state index in [0.717, 1.165) is 19.3 Å². The lowest BCUT2D eigenvalue weighted by Crippen LogP contribution is -2.33. The normalized spacial score (nSPS) is 18.6. The molecule has 1 aliphatic heterocycles. The second kappa shape index (κ2) is 9.19. The Hall–Kier alpha value is -1.39. The number of unbranched alkanes of at least 4 members (excludes halogenated alkanes) is 1. The average Bonchev–Trinajstić information content (AvgIpc) is 2.73. The van der Waals surface area contributed by atoms with Gasteiger partial charge < -0.3 is 5.32 Å². The van der Waals surface area contributed by atoms with Crippen LogP contribution in [0.1, 0.15) is 73.1 Å². The van der Waals surface area contributed by atoms with E-state index in [1.165, 1.54) is 4.90 Å². The summed E-state index contributed by atoms with van der Waals surface area (Å²) >= 11 is 0. The van der Waals surface area contributed by atoms with Gasteiger partial charge in [-0.15, -0.1) is 0 Å². The van der Waals surface area contributed by atoms with E-state index in [1.807, 2.05) is 13.8 Å². The summed E-state index contributed by atoms with van der Waals surface area (Å²) in [6.07, 6.45) is 4.47. The zero-order valence-electron chi connectivity index (χ0n) is 16.0. The molecule has 0 spiro atoms. The lowest BCUT2D eigenvalue weighted by Gasteiger charge is -2.17. The fourth-order valence-electron chi connectivity index (χ4n) is 2.96. The molecule has 1 atom stereocenters. The number of amides is 3. The fourth-order valence-corrected chi connectivity index (χ4v) is 2.96. The number of carbonyl (C=O) groups is 3. The van der Waals surface area contributed by atoms with Crippen LogP contribution in [0.15, 0.2) is 0 Å². The second-order valence-corrected chi connectivity index (χ2v) is 8.41. The molecular formula is C19H34N2O3. The number of hydrogen-bond donors (Lipinski definition) is 1. The van der Waals surface area contributed by atoms with Gasteiger partial charge in [-0.3, -0.25) is 19.3 Å². The molecule has 1 saturated heterocycles. The van der Waals surface area contributed by atoms with Crippen molar-refractivity contribution in [2.24, 2.45) is 17.3 Å². The van der Waals surface area contributed by atoms with Crippen molar-refractivity contribution < 1.29 is 14.4 Å². The Labute approximate surface area is 146 Å². The zero-order valence-corrected chi connectivity index (χ0v) is 16.0. The summed E-state index contributed by atoms with van der Waals surface area (Å²) in [5.74, 6) is -0.166. The number of imide groups is 1. The van der Waals surface area contributed by atoms with Gasteiger partial charge in [0, 0.05) is 31.8 Å². The van der Waals surface area contributed by atoms with Crippen molar-refractivity contribution in [1.29, 1.82) is 0 Å². The first-order chi connectivity index (χ1) is 11.1. The van der Waals surface area contributed by atoms with E-state index in [4.69, 9.17) is 0 Å². The molecule has 0 saturated carbocycles. The molecule has 3 amide bonds. The van der Waals surface area contributed by atoms with E-state index in [1.54, 1.807) is 0 Å². The molecule has 1 fully saturated rings. The number of rotatable bonds is 9. The highest BCUT2D eigenvalue weighted by molar-refractivity contribution is 6.03. The Balaban J connectivity index is 2.17. The molecule has 0 radical (unpaired) electrons. The van der Waals surface area contributed by atoms with Crippen molar-refractivity contribution in [3.05, 3.63) is 0 Å². The Bertz CT molecular complexity index is 452. The molecule has 0 bridgehead atoms. The first-order valence-corrected chi connectivity index (χ1v) is 9.22. The topological polar surface area (TPSA) is 66.5 Å². The Morgan fingerprint density at radius 1 is 1.21 bits per heavy atom. The van der Waals surface area contributed by atoms with Crippen LogP contribution in [-0.4, -0.2) is 35.7 Å². The molecule has 5 nitrogen and oxygen atoms in total. The second-order valence-electron chi connectivity index (χ2n) is 8.41. The van der Waals surface area contributed by atoms with Crippen molar-refractivity contribution in [1.82, 2.24) is 10.2 Å². The van der Waals surface area contributed by atoms with Crippen LogP contribution in [0.2, 0.25) is 0 Å². The standard InChI is InChI=1S/C19H34N2O3/c1-14(2)15-13-17(23)21(18(15)24)12-8-9-16(22)20-11-7-6-10-19(3,4)5/h14-15H,6-13H2,1-5H3,(H,20,22). The molecule has 0 aromatic carbocycles. The monoisotopic (exact) mass is 338 g/mol. The van der Waals surface area contributed by atoms with Crippen molar-refractivity contribution in [3.8, 4) is 0 Å². The average molecular weight is 338 g/mol. The lowest BCUT2D eigenvalue weighted by molar-refractivity contribution is -0.140. The largest absolute Gasteiger partial charge is 0.356 e. The number of nitrogens with one attached hydrogen (secondary N) is 1. The minimum absolute atomic E-state index is 0.00487. The molecule has 1 rings (SSSR count). The summed E-state index contributed by atoms with van der Waals surface area (Å²) in [5.41, 5.74) is 0.340. The van der Waals surface area contributed by atoms with Crippen LogP contribution in [0.25, 0.3) is 0 Å². The number of likely N-dealkylation sites (tertiary alicyclic amines) is 1. The highest BCUT2D eigenvalue weighted by Gasteiger charge is 2.39. The van der Waals surface area contributed by atoms with Crippen LogP contribution < -0.4 is 5.32 Å². The van der Waals surface area contributed by atoms with Gasteiger partial charge in [-0.25, -0.2) is 0 Å². The number of carbonyl (C=O) groups excluding carboxylic acids is 3. The van der Waals surface area contributed by atoms with Crippen molar-refractivity contribution in [2.75, 3.05) is 13.1 Å². The van der Waals surface area contributed by atoms with Gasteiger partial charge in [0.2, 0.25) is 17.7 Å². The smallest absolute Gasteiger partial charge is 0.233 e. The van der Waals surface area contributed by atoms with E-state index in [2.05, 4.69) is 26.1 Å². The van der Waals surface area contributed by atoms with Crippen LogP contribution in [-0.2, 0) is 14.4 Å². The number of hydrogen-bond acceptors (Lipinski definition) is 3. The van der Waals surface area contributed by atoms with Gasteiger partial charge in [-0.05, 0) is 30.6 Å². The van der Waals surface area contributed by atoms with Crippen molar-refractivity contribution >= 4 is 17.7 Å². The minimum atomic E-state index is -0.186. The summed E-state index contributed by atoms with van der Waals surface area (Å²) < 4.78 is 0. The summed E-state index contributed by atoms with van der Waals surface area (Å²) in [5, 5.41) is 2.92. The van der Waals surface area contributed by atoms with Gasteiger partial charge in [0.1, 0.15) is 0 Å². The molecule has 0 aromatic heterocycles. The quantitative estimate of drug-likeness (QED) is 0.519. The third-order valence-corrected chi connectivity index (χ3v) is 4.54. The Morgan fingerprint density at radius 3 is 2.42 bits per heavy atom. The first-order valence-electron chi connectivity index (χ1n) is 9.22. The van der Waals surface area contributed by atoms with Crippen LogP contribution in [0, 0.1) is 17.3 Å². The van der Waals surface area contributed by atoms with Crippen LogP contribution in [0.5, 0.6) is 0 Å². The maximum absolute atomic E-state index is 12.2. The van der Waals surface area contributed by atoms with Gasteiger partial charge >= 0.3 is 0 Å². The van der Waals surface area contributed by atoms with Gasteiger partial charge in [0.05, 0.1) is 0 Å². The Morgan fingerprint density at radius 2 is 1.88 bits per heavy atom. The predicted molar refractivity (Wildman–Crippen MR) is 95.2 cm³/mol.